The highest BCUT2D eigenvalue weighted by molar-refractivity contribution is 6.00. The fraction of sp³-hybridized carbons (Fsp3) is 0.515. The molecule has 0 radical (unpaired) electrons. The predicted octanol–water partition coefficient (Wildman–Crippen LogP) is 2.31. The summed E-state index contributed by atoms with van der Waals surface area (Å²) in [6.45, 7) is 14.5. The van der Waals surface area contributed by atoms with Gasteiger partial charge in [0.15, 0.2) is 0 Å². The van der Waals surface area contributed by atoms with Crippen LogP contribution in [0.25, 0.3) is 0 Å². The first-order valence-electron chi connectivity index (χ1n) is 14.8. The Kier molecular flexibility index (Phi) is 11.6. The summed E-state index contributed by atoms with van der Waals surface area (Å²) >= 11 is 0. The minimum absolute atomic E-state index is 0.00817. The molecule has 2 rings (SSSR count). The average Bonchev–Trinajstić information content (AvgIpc) is 3.44. The van der Waals surface area contributed by atoms with Gasteiger partial charge in [-0.05, 0) is 87.0 Å². The number of ether oxygens (including phenoxy) is 2. The molecule has 1 aromatic rings. The Morgan fingerprint density at radius 2 is 0.935 bits per heavy atom. The largest absolute Gasteiger partial charge is 0.452 e. The van der Waals surface area contributed by atoms with Gasteiger partial charge in [-0.15, -0.1) is 0 Å². The minimum Gasteiger partial charge on any atom is -0.452 e. The summed E-state index contributed by atoms with van der Waals surface area (Å²) in [4.78, 5) is 77.8. The smallest absolute Gasteiger partial charge is 0.408 e. The standard InChI is InChI=1S/C33H47N5O8/c1-29(2,23(39)35-31(5,6)25(41)37-33(9,10)27(43)46-22-18-14-15-19-22)34-24(40)30(3,4)36-26(42)32(7,8)38-28(44)45-20-21-16-12-11-13-17-21/h11-19,22H,20H2,1-10H3,(H,34,40)(H,35,39)(H,36,42)(H,37,41)(H,38,44). The van der Waals surface area contributed by atoms with Crippen LogP contribution in [0.5, 0.6) is 0 Å². The van der Waals surface area contributed by atoms with Gasteiger partial charge in [-0.2, -0.15) is 0 Å². The van der Waals surface area contributed by atoms with Crippen LogP contribution in [0.1, 0.15) is 74.8 Å². The molecule has 0 fully saturated rings. The van der Waals surface area contributed by atoms with Gasteiger partial charge in [0.1, 0.15) is 40.4 Å². The van der Waals surface area contributed by atoms with Crippen molar-refractivity contribution in [3.63, 3.8) is 0 Å². The lowest BCUT2D eigenvalue weighted by Gasteiger charge is -2.36. The lowest BCUT2D eigenvalue weighted by Crippen LogP contribution is -2.68. The monoisotopic (exact) mass is 641 g/mol. The highest BCUT2D eigenvalue weighted by Gasteiger charge is 2.43. The van der Waals surface area contributed by atoms with Crippen LogP contribution in [0.15, 0.2) is 54.6 Å². The van der Waals surface area contributed by atoms with Crippen LogP contribution < -0.4 is 26.6 Å². The molecule has 0 aliphatic heterocycles. The summed E-state index contributed by atoms with van der Waals surface area (Å²) in [5.41, 5.74) is -6.66. The number of rotatable bonds is 13. The molecule has 0 spiro atoms. The van der Waals surface area contributed by atoms with E-state index in [0.29, 0.717) is 0 Å². The summed E-state index contributed by atoms with van der Waals surface area (Å²) in [5.74, 6) is -3.40. The maximum absolute atomic E-state index is 13.3. The second-order valence-electron chi connectivity index (χ2n) is 13.8. The molecule has 0 heterocycles. The molecule has 46 heavy (non-hydrogen) atoms. The molecule has 5 amide bonds. The molecule has 1 aliphatic carbocycles. The van der Waals surface area contributed by atoms with E-state index in [1.54, 1.807) is 48.6 Å². The van der Waals surface area contributed by atoms with Gasteiger partial charge in [0.25, 0.3) is 0 Å². The van der Waals surface area contributed by atoms with Gasteiger partial charge in [0.2, 0.25) is 23.6 Å². The van der Waals surface area contributed by atoms with Crippen LogP contribution in [0.3, 0.4) is 0 Å². The van der Waals surface area contributed by atoms with Crippen molar-refractivity contribution in [3.05, 3.63) is 60.2 Å². The van der Waals surface area contributed by atoms with E-state index < -0.39 is 69.5 Å². The Morgan fingerprint density at radius 3 is 1.35 bits per heavy atom. The Hall–Kier alpha value is -4.68. The van der Waals surface area contributed by atoms with Crippen molar-refractivity contribution >= 4 is 35.7 Å². The lowest BCUT2D eigenvalue weighted by atomic mass is 9.94. The zero-order chi connectivity index (χ0) is 35.1. The molecule has 0 bridgehead atoms. The van der Waals surface area contributed by atoms with Gasteiger partial charge in [-0.3, -0.25) is 19.2 Å². The highest BCUT2D eigenvalue weighted by Crippen LogP contribution is 2.16. The number of benzene rings is 1. The SMILES string of the molecule is CC(C)(NC(=O)OCc1ccccc1)C(=O)NC(C)(C)C(=O)NC(C)(C)C(=O)NC(C)(C)C(=O)NC(C)(C)C(=O)OC1C=CC=C1. The van der Waals surface area contributed by atoms with Gasteiger partial charge in [0, 0.05) is 0 Å². The van der Waals surface area contributed by atoms with Crippen LogP contribution in [0, 0.1) is 0 Å². The molecular weight excluding hydrogens is 594 g/mol. The van der Waals surface area contributed by atoms with E-state index in [1.165, 1.54) is 69.2 Å². The maximum atomic E-state index is 13.3. The summed E-state index contributed by atoms with van der Waals surface area (Å²) in [6.07, 6.45) is 5.50. The molecule has 1 aliphatic rings. The number of hydrogen-bond acceptors (Lipinski definition) is 8. The van der Waals surface area contributed by atoms with Crippen molar-refractivity contribution in [2.75, 3.05) is 0 Å². The minimum atomic E-state index is -1.54. The van der Waals surface area contributed by atoms with Crippen LogP contribution in [0.2, 0.25) is 0 Å². The lowest BCUT2D eigenvalue weighted by molar-refractivity contribution is -0.154. The van der Waals surface area contributed by atoms with Crippen LogP contribution >= 0.6 is 0 Å². The van der Waals surface area contributed by atoms with Gasteiger partial charge in [-0.25, -0.2) is 9.59 Å². The van der Waals surface area contributed by atoms with E-state index in [1.807, 2.05) is 6.07 Å². The van der Waals surface area contributed by atoms with E-state index in [2.05, 4.69) is 26.6 Å². The van der Waals surface area contributed by atoms with E-state index in [9.17, 15) is 28.8 Å². The van der Waals surface area contributed by atoms with Gasteiger partial charge < -0.3 is 36.1 Å². The average molecular weight is 642 g/mol. The number of esters is 1. The van der Waals surface area contributed by atoms with Crippen LogP contribution in [0.4, 0.5) is 4.79 Å². The Morgan fingerprint density at radius 1 is 0.565 bits per heavy atom. The van der Waals surface area contributed by atoms with Crippen molar-refractivity contribution in [1.82, 2.24) is 26.6 Å². The molecule has 0 saturated heterocycles. The molecule has 0 saturated carbocycles. The van der Waals surface area contributed by atoms with Crippen molar-refractivity contribution in [2.24, 2.45) is 0 Å². The summed E-state index contributed by atoms with van der Waals surface area (Å²) in [6, 6.07) is 9.02. The molecule has 0 unspecified atom stereocenters. The molecule has 13 nitrogen and oxygen atoms in total. The van der Waals surface area contributed by atoms with Crippen molar-refractivity contribution in [3.8, 4) is 0 Å². The molecule has 5 N–H and O–H groups in total. The van der Waals surface area contributed by atoms with E-state index in [0.717, 1.165) is 5.56 Å². The quantitative estimate of drug-likeness (QED) is 0.204. The zero-order valence-corrected chi connectivity index (χ0v) is 28.2. The summed E-state index contributed by atoms with van der Waals surface area (Å²) < 4.78 is 10.6. The molecule has 0 atom stereocenters. The molecular formula is C33H47N5O8. The van der Waals surface area contributed by atoms with E-state index in [-0.39, 0.29) is 6.61 Å². The third kappa shape index (κ3) is 10.5. The first-order valence-corrected chi connectivity index (χ1v) is 14.8. The summed E-state index contributed by atoms with van der Waals surface area (Å²) in [5, 5.41) is 12.9. The van der Waals surface area contributed by atoms with Gasteiger partial charge in [-0.1, -0.05) is 42.5 Å². The van der Waals surface area contributed by atoms with Gasteiger partial charge >= 0.3 is 12.1 Å². The topological polar surface area (TPSA) is 181 Å². The number of allylic oxidation sites excluding steroid dienone is 2. The predicted molar refractivity (Wildman–Crippen MR) is 171 cm³/mol. The number of carbonyl (C=O) groups is 6. The number of hydrogen-bond donors (Lipinski definition) is 5. The molecule has 0 aromatic heterocycles. The molecule has 1 aromatic carbocycles. The van der Waals surface area contributed by atoms with E-state index >= 15 is 0 Å². The van der Waals surface area contributed by atoms with Gasteiger partial charge in [0.05, 0.1) is 0 Å². The Balaban J connectivity index is 1.96. The van der Waals surface area contributed by atoms with Crippen molar-refractivity contribution in [1.29, 1.82) is 0 Å². The second kappa shape index (κ2) is 14.2. The normalized spacial score (nSPS) is 13.8. The number of alkyl carbamates (subject to hydrolysis) is 1. The summed E-state index contributed by atoms with van der Waals surface area (Å²) in [7, 11) is 0. The second-order valence-corrected chi connectivity index (χ2v) is 13.8. The molecule has 252 valence electrons. The third-order valence-corrected chi connectivity index (χ3v) is 7.07. The highest BCUT2D eigenvalue weighted by atomic mass is 16.6. The van der Waals surface area contributed by atoms with Crippen LogP contribution in [-0.2, 0) is 40.1 Å². The molecule has 13 heteroatoms. The fourth-order valence-corrected chi connectivity index (χ4v) is 3.81. The fourth-order valence-electron chi connectivity index (χ4n) is 3.81. The van der Waals surface area contributed by atoms with E-state index in [4.69, 9.17) is 9.47 Å². The number of nitrogens with one attached hydrogen (secondary N) is 5. The zero-order valence-electron chi connectivity index (χ0n) is 28.2. The van der Waals surface area contributed by atoms with Crippen molar-refractivity contribution in [2.45, 2.75) is 110 Å². The number of carbonyl (C=O) groups excluding carboxylic acids is 6. The van der Waals surface area contributed by atoms with Crippen LogP contribution in [-0.4, -0.2) is 69.5 Å². The van der Waals surface area contributed by atoms with Crippen molar-refractivity contribution < 1.29 is 38.2 Å². The first kappa shape index (κ1) is 37.5. The Labute approximate surface area is 270 Å². The first-order chi connectivity index (χ1) is 21.0. The number of amides is 5. The maximum Gasteiger partial charge on any atom is 0.408 e. The third-order valence-electron chi connectivity index (χ3n) is 7.07. The Bertz CT molecular complexity index is 1380.